The minimum Gasteiger partial charge on any atom is -0.508 e. The van der Waals surface area contributed by atoms with Gasteiger partial charge < -0.3 is 24.1 Å². The van der Waals surface area contributed by atoms with Crippen LogP contribution in [0.5, 0.6) is 5.75 Å². The summed E-state index contributed by atoms with van der Waals surface area (Å²) < 4.78 is 22.3. The lowest BCUT2D eigenvalue weighted by molar-refractivity contribution is -0.155. The molecule has 0 aliphatic carbocycles. The largest absolute Gasteiger partial charge is 0.508 e. The molecule has 9 heteroatoms. The number of nitrogens with zero attached hydrogens (tertiary/aromatic N) is 1. The van der Waals surface area contributed by atoms with Crippen molar-refractivity contribution in [2.75, 3.05) is 13.2 Å². The van der Waals surface area contributed by atoms with Gasteiger partial charge in [0.25, 0.3) is 0 Å². The van der Waals surface area contributed by atoms with Crippen LogP contribution >= 0.6 is 0 Å². The first kappa shape index (κ1) is 33.6. The number of aryl methyl sites for hydroxylation is 1. The van der Waals surface area contributed by atoms with Gasteiger partial charge in [0.1, 0.15) is 17.0 Å². The monoisotopic (exact) mass is 571 g/mol. The Balaban J connectivity index is 0.000000729. The summed E-state index contributed by atoms with van der Waals surface area (Å²) in [4.78, 5) is 39.7. The van der Waals surface area contributed by atoms with Crippen LogP contribution in [0.25, 0.3) is 0 Å². The molecule has 0 aromatic heterocycles. The Morgan fingerprint density at radius 1 is 0.902 bits per heavy atom. The van der Waals surface area contributed by atoms with E-state index in [1.54, 1.807) is 72.7 Å². The van der Waals surface area contributed by atoms with Crippen LogP contribution in [0.4, 0.5) is 9.59 Å². The number of benzene rings is 2. The van der Waals surface area contributed by atoms with Crippen LogP contribution in [0, 0.1) is 12.8 Å². The van der Waals surface area contributed by atoms with Crippen LogP contribution in [0.3, 0.4) is 0 Å². The minimum absolute atomic E-state index is 0.0979. The average Bonchev–Trinajstić information content (AvgIpc) is 2.89. The lowest BCUT2D eigenvalue weighted by Gasteiger charge is -2.32. The Bertz CT molecular complexity index is 1090. The van der Waals surface area contributed by atoms with Gasteiger partial charge in [-0.15, -0.1) is 0 Å². The van der Waals surface area contributed by atoms with Crippen LogP contribution in [0.1, 0.15) is 66.0 Å². The summed E-state index contributed by atoms with van der Waals surface area (Å²) in [6, 6.07) is 15.7. The molecule has 2 aromatic rings. The van der Waals surface area contributed by atoms with E-state index < -0.39 is 41.5 Å². The van der Waals surface area contributed by atoms with E-state index in [1.165, 1.54) is 5.56 Å². The molecule has 0 bridgehead atoms. The standard InChI is InChI=1S/C26H39NO7.C6H6O/c1-17-9-11-19(12-10-17)14-20-13-18(2)32-22(28)21(16-31-15-20)27(23(29)33-25(3,4)5)24(30)34-26(6,7)8;7-6-4-2-1-3-5-6/h9-12,18,20-21H,13-16H2,1-8H3;1-5,7H/t18?,20?,21-;/m0./s1. The highest BCUT2D eigenvalue weighted by molar-refractivity contribution is 5.94. The van der Waals surface area contributed by atoms with Crippen molar-refractivity contribution in [1.29, 1.82) is 0 Å². The number of cyclic esters (lactones) is 1. The molecule has 0 spiro atoms. The number of ether oxygens (including phenoxy) is 4. The number of esters is 1. The van der Waals surface area contributed by atoms with Crippen molar-refractivity contribution in [2.24, 2.45) is 5.92 Å². The van der Waals surface area contributed by atoms with Crippen molar-refractivity contribution in [2.45, 2.75) is 91.6 Å². The summed E-state index contributed by atoms with van der Waals surface area (Å²) >= 11 is 0. The highest BCUT2D eigenvalue weighted by atomic mass is 16.6. The number of phenols is 1. The van der Waals surface area contributed by atoms with Gasteiger partial charge >= 0.3 is 18.2 Å². The predicted molar refractivity (Wildman–Crippen MR) is 156 cm³/mol. The fourth-order valence-electron chi connectivity index (χ4n) is 4.04. The molecule has 2 unspecified atom stereocenters. The number of hydrogen-bond donors (Lipinski definition) is 1. The van der Waals surface area contributed by atoms with Crippen molar-refractivity contribution in [3.8, 4) is 5.75 Å². The molecule has 1 aliphatic rings. The zero-order chi connectivity index (χ0) is 30.8. The molecule has 3 rings (SSSR count). The first-order chi connectivity index (χ1) is 19.0. The zero-order valence-corrected chi connectivity index (χ0v) is 25.5. The van der Waals surface area contributed by atoms with Gasteiger partial charge in [-0.3, -0.25) is 0 Å². The summed E-state index contributed by atoms with van der Waals surface area (Å²) in [6.45, 7) is 14.0. The number of imide groups is 1. The first-order valence-corrected chi connectivity index (χ1v) is 13.9. The number of hydrogen-bond acceptors (Lipinski definition) is 8. The molecular weight excluding hydrogens is 526 g/mol. The van der Waals surface area contributed by atoms with Crippen LogP contribution < -0.4 is 0 Å². The molecule has 41 heavy (non-hydrogen) atoms. The molecule has 1 heterocycles. The lowest BCUT2D eigenvalue weighted by Crippen LogP contribution is -2.54. The van der Waals surface area contributed by atoms with E-state index in [9.17, 15) is 14.4 Å². The zero-order valence-electron chi connectivity index (χ0n) is 25.5. The fraction of sp³-hybridized carbons (Fsp3) is 0.531. The maximum absolute atomic E-state index is 13.1. The Kier molecular flexibility index (Phi) is 12.2. The first-order valence-electron chi connectivity index (χ1n) is 13.9. The number of amides is 2. The van der Waals surface area contributed by atoms with Gasteiger partial charge in [0.05, 0.1) is 12.7 Å². The summed E-state index contributed by atoms with van der Waals surface area (Å²) in [5, 5.41) is 8.63. The molecule has 1 fully saturated rings. The molecule has 1 N–H and O–H groups in total. The van der Waals surface area contributed by atoms with Crippen LogP contribution in [0.15, 0.2) is 54.6 Å². The van der Waals surface area contributed by atoms with E-state index in [2.05, 4.69) is 24.3 Å². The second-order valence-corrected chi connectivity index (χ2v) is 12.3. The molecule has 226 valence electrons. The number of rotatable bonds is 3. The van der Waals surface area contributed by atoms with Crippen LogP contribution in [0.2, 0.25) is 0 Å². The number of para-hydroxylation sites is 1. The van der Waals surface area contributed by atoms with Gasteiger partial charge in [-0.25, -0.2) is 14.4 Å². The van der Waals surface area contributed by atoms with Crippen molar-refractivity contribution in [3.63, 3.8) is 0 Å². The number of aromatic hydroxyl groups is 1. The van der Waals surface area contributed by atoms with Crippen molar-refractivity contribution >= 4 is 18.2 Å². The SMILES string of the molecule is Cc1ccc(CC2COC[C@H](N(C(=O)OC(C)(C)C)C(=O)OC(C)(C)C)C(=O)OC(C)C2)cc1.Oc1ccccc1. The molecule has 1 saturated heterocycles. The Morgan fingerprint density at radius 3 is 1.90 bits per heavy atom. The maximum atomic E-state index is 13.1. The number of carbonyl (C=O) groups excluding carboxylic acids is 3. The van der Waals surface area contributed by atoms with E-state index in [0.717, 1.165) is 12.0 Å². The molecule has 0 saturated carbocycles. The molecule has 2 aromatic carbocycles. The smallest absolute Gasteiger partial charge is 0.420 e. The predicted octanol–water partition coefficient (Wildman–Crippen LogP) is 6.44. The number of carbonyl (C=O) groups is 3. The van der Waals surface area contributed by atoms with E-state index >= 15 is 0 Å². The Morgan fingerprint density at radius 2 is 1.44 bits per heavy atom. The van der Waals surface area contributed by atoms with Crippen LogP contribution in [-0.2, 0) is 30.2 Å². The van der Waals surface area contributed by atoms with E-state index in [1.807, 2.05) is 13.0 Å². The Labute approximate surface area is 243 Å². The van der Waals surface area contributed by atoms with E-state index in [4.69, 9.17) is 24.1 Å². The molecule has 3 atom stereocenters. The molecule has 2 amide bonds. The topological polar surface area (TPSA) is 112 Å². The minimum atomic E-state index is -1.33. The van der Waals surface area contributed by atoms with Gasteiger partial charge in [-0.05, 0) is 91.8 Å². The van der Waals surface area contributed by atoms with Gasteiger partial charge in [-0.2, -0.15) is 4.90 Å². The third-order valence-electron chi connectivity index (χ3n) is 5.78. The van der Waals surface area contributed by atoms with Crippen LogP contribution in [-0.4, -0.2) is 64.7 Å². The highest BCUT2D eigenvalue weighted by Gasteiger charge is 2.42. The number of phenolic OH excluding ortho intramolecular Hbond substituents is 1. The van der Waals surface area contributed by atoms with Crippen molar-refractivity contribution < 1.29 is 38.4 Å². The van der Waals surface area contributed by atoms with Gasteiger partial charge in [-0.1, -0.05) is 48.0 Å². The normalized spacial score (nSPS) is 19.7. The summed E-state index contributed by atoms with van der Waals surface area (Å²) in [5.41, 5.74) is 0.585. The summed E-state index contributed by atoms with van der Waals surface area (Å²) in [7, 11) is 0. The van der Waals surface area contributed by atoms with Gasteiger partial charge in [0.2, 0.25) is 0 Å². The second-order valence-electron chi connectivity index (χ2n) is 12.3. The van der Waals surface area contributed by atoms with E-state index in [-0.39, 0.29) is 12.5 Å². The van der Waals surface area contributed by atoms with Crippen molar-refractivity contribution in [1.82, 2.24) is 4.90 Å². The molecule has 9 nitrogen and oxygen atoms in total. The molecule has 0 radical (unpaired) electrons. The average molecular weight is 572 g/mol. The Hall–Kier alpha value is -3.59. The van der Waals surface area contributed by atoms with Gasteiger partial charge in [0.15, 0.2) is 6.04 Å². The maximum Gasteiger partial charge on any atom is 0.420 e. The third kappa shape index (κ3) is 12.6. The summed E-state index contributed by atoms with van der Waals surface area (Å²) in [5.74, 6) is -0.316. The molecule has 1 aliphatic heterocycles. The highest BCUT2D eigenvalue weighted by Crippen LogP contribution is 2.23. The van der Waals surface area contributed by atoms with Gasteiger partial charge in [0, 0.05) is 6.61 Å². The third-order valence-corrected chi connectivity index (χ3v) is 5.78. The molecular formula is C32H45NO8. The van der Waals surface area contributed by atoms with E-state index in [0.29, 0.717) is 23.7 Å². The fourth-order valence-corrected chi connectivity index (χ4v) is 4.04. The second kappa shape index (κ2) is 14.9. The summed E-state index contributed by atoms with van der Waals surface area (Å²) in [6.07, 6.45) is -1.06. The quantitative estimate of drug-likeness (QED) is 0.331. The van der Waals surface area contributed by atoms with Crippen molar-refractivity contribution in [3.05, 3.63) is 65.7 Å². The lowest BCUT2D eigenvalue weighted by atomic mass is 9.94.